The molecule has 0 unspecified atom stereocenters. The Balaban J connectivity index is 2.20. The number of amides is 1. The first kappa shape index (κ1) is 10.4. The number of hydrogen-bond acceptors (Lipinski definition) is 3. The normalized spacial score (nSPS) is 19.8. The molecular weight excluding hydrogens is 223 g/mol. The quantitative estimate of drug-likeness (QED) is 0.723. The van der Waals surface area contributed by atoms with E-state index in [1.807, 2.05) is 0 Å². The summed E-state index contributed by atoms with van der Waals surface area (Å²) in [7, 11) is 0. The zero-order chi connectivity index (χ0) is 12.2. The molecule has 0 aliphatic carbocycles. The van der Waals surface area contributed by atoms with Crippen LogP contribution in [0.1, 0.15) is 19.4 Å². The van der Waals surface area contributed by atoms with Gasteiger partial charge in [0.1, 0.15) is 17.0 Å². The first-order valence-corrected chi connectivity index (χ1v) is 5.57. The summed E-state index contributed by atoms with van der Waals surface area (Å²) in [5.41, 5.74) is 1.09. The highest BCUT2D eigenvalue weighted by molar-refractivity contribution is 6.06. The van der Waals surface area contributed by atoms with Crippen molar-refractivity contribution in [3.63, 3.8) is 0 Å². The van der Waals surface area contributed by atoms with Crippen molar-refractivity contribution in [3.8, 4) is 5.75 Å². The molecule has 17 heavy (non-hydrogen) atoms. The second-order valence-electron chi connectivity index (χ2n) is 4.89. The highest BCUT2D eigenvalue weighted by atomic mass is 19.1. The second kappa shape index (κ2) is 3.12. The van der Waals surface area contributed by atoms with E-state index >= 15 is 0 Å². The van der Waals surface area contributed by atoms with E-state index < -0.39 is 11.4 Å². The van der Waals surface area contributed by atoms with Crippen LogP contribution in [0.2, 0.25) is 0 Å². The molecule has 0 spiro atoms. The van der Waals surface area contributed by atoms with E-state index in [1.54, 1.807) is 13.8 Å². The molecular formula is C12H13FN2O2. The Hall–Kier alpha value is -1.78. The number of carbonyl (C=O) groups excluding carboxylic acids is 1. The van der Waals surface area contributed by atoms with E-state index in [2.05, 4.69) is 10.6 Å². The molecule has 5 heteroatoms. The molecule has 0 fully saturated rings. The number of anilines is 2. The maximum atomic E-state index is 13.8. The van der Waals surface area contributed by atoms with Gasteiger partial charge in [0.05, 0.1) is 12.3 Å². The molecule has 0 saturated carbocycles. The third kappa shape index (κ3) is 1.38. The zero-order valence-electron chi connectivity index (χ0n) is 9.69. The van der Waals surface area contributed by atoms with E-state index in [4.69, 9.17) is 4.74 Å². The summed E-state index contributed by atoms with van der Waals surface area (Å²) >= 11 is 0. The minimum absolute atomic E-state index is 0.234. The fourth-order valence-electron chi connectivity index (χ4n) is 2.21. The smallest absolute Gasteiger partial charge is 0.249 e. The molecule has 0 radical (unpaired) electrons. The Morgan fingerprint density at radius 3 is 2.94 bits per heavy atom. The van der Waals surface area contributed by atoms with Crippen LogP contribution in [0.3, 0.4) is 0 Å². The lowest BCUT2D eigenvalue weighted by Gasteiger charge is -2.34. The van der Waals surface area contributed by atoms with Crippen molar-refractivity contribution >= 4 is 17.3 Å². The number of ether oxygens (including phenoxy) is 1. The average Bonchev–Trinajstić information content (AvgIpc) is 2.69. The lowest BCUT2D eigenvalue weighted by Crippen LogP contribution is -2.48. The van der Waals surface area contributed by atoms with Gasteiger partial charge >= 0.3 is 0 Å². The summed E-state index contributed by atoms with van der Waals surface area (Å²) < 4.78 is 19.2. The van der Waals surface area contributed by atoms with Crippen LogP contribution >= 0.6 is 0 Å². The molecule has 1 amide bonds. The number of carbonyl (C=O) groups is 1. The molecule has 2 heterocycles. The second-order valence-corrected chi connectivity index (χ2v) is 4.89. The van der Waals surface area contributed by atoms with Crippen molar-refractivity contribution in [1.29, 1.82) is 0 Å². The van der Waals surface area contributed by atoms with Gasteiger partial charge in [-0.2, -0.15) is 0 Å². The van der Waals surface area contributed by atoms with Crippen LogP contribution in [0.4, 0.5) is 15.8 Å². The van der Waals surface area contributed by atoms with Crippen LogP contribution in [0.15, 0.2) is 6.07 Å². The number of halogens is 1. The molecule has 0 atom stereocenters. The summed E-state index contributed by atoms with van der Waals surface area (Å²) in [6.45, 7) is 4.08. The van der Waals surface area contributed by atoms with Gasteiger partial charge in [0, 0.05) is 18.1 Å². The molecule has 0 aromatic heterocycles. The molecule has 2 N–H and O–H groups in total. The van der Waals surface area contributed by atoms with Crippen molar-refractivity contribution in [2.75, 3.05) is 17.2 Å². The van der Waals surface area contributed by atoms with Gasteiger partial charge in [0.2, 0.25) is 5.91 Å². The van der Waals surface area contributed by atoms with Crippen molar-refractivity contribution in [3.05, 3.63) is 17.4 Å². The Morgan fingerprint density at radius 2 is 2.18 bits per heavy atom. The van der Waals surface area contributed by atoms with Crippen molar-refractivity contribution in [1.82, 2.24) is 0 Å². The topological polar surface area (TPSA) is 50.4 Å². The third-order valence-electron chi connectivity index (χ3n) is 3.20. The van der Waals surface area contributed by atoms with Crippen molar-refractivity contribution < 1.29 is 13.9 Å². The molecule has 1 aromatic rings. The first-order valence-electron chi connectivity index (χ1n) is 5.57. The fraction of sp³-hybridized carbons (Fsp3) is 0.417. The van der Waals surface area contributed by atoms with Crippen LogP contribution in [-0.2, 0) is 11.2 Å². The van der Waals surface area contributed by atoms with E-state index in [-0.39, 0.29) is 11.6 Å². The SMILES string of the molecule is CC1(C)Nc2c3c(cc(F)c2NC1=O)OCC3. The van der Waals surface area contributed by atoms with Gasteiger partial charge in [-0.1, -0.05) is 0 Å². The summed E-state index contributed by atoms with van der Waals surface area (Å²) in [6, 6.07) is 1.33. The predicted molar refractivity (Wildman–Crippen MR) is 61.9 cm³/mol. The minimum Gasteiger partial charge on any atom is -0.493 e. The number of nitrogens with one attached hydrogen (secondary N) is 2. The monoisotopic (exact) mass is 236 g/mol. The van der Waals surface area contributed by atoms with Crippen LogP contribution in [0, 0.1) is 5.82 Å². The van der Waals surface area contributed by atoms with Gasteiger partial charge in [0.15, 0.2) is 5.82 Å². The lowest BCUT2D eigenvalue weighted by molar-refractivity contribution is -0.119. The summed E-state index contributed by atoms with van der Waals surface area (Å²) in [4.78, 5) is 11.8. The Kier molecular flexibility index (Phi) is 1.91. The van der Waals surface area contributed by atoms with Gasteiger partial charge in [-0.15, -0.1) is 0 Å². The average molecular weight is 236 g/mol. The Bertz CT molecular complexity index is 526. The van der Waals surface area contributed by atoms with Gasteiger partial charge in [0.25, 0.3) is 0 Å². The van der Waals surface area contributed by atoms with Gasteiger partial charge in [-0.25, -0.2) is 4.39 Å². The molecule has 4 nitrogen and oxygen atoms in total. The van der Waals surface area contributed by atoms with Crippen LogP contribution < -0.4 is 15.4 Å². The molecule has 3 rings (SSSR count). The van der Waals surface area contributed by atoms with Crippen LogP contribution in [0.25, 0.3) is 0 Å². The van der Waals surface area contributed by atoms with E-state index in [0.29, 0.717) is 18.0 Å². The van der Waals surface area contributed by atoms with Crippen LogP contribution in [0.5, 0.6) is 5.75 Å². The maximum Gasteiger partial charge on any atom is 0.249 e. The first-order chi connectivity index (χ1) is 7.99. The van der Waals surface area contributed by atoms with E-state index in [0.717, 1.165) is 12.0 Å². The standard InChI is InChI=1S/C12H13FN2O2/c1-12(2)11(16)14-10-7(13)5-8-6(3-4-17-8)9(10)15-12/h5,15H,3-4H2,1-2H3,(H,14,16). The molecule has 1 aromatic carbocycles. The third-order valence-corrected chi connectivity index (χ3v) is 3.20. The Labute approximate surface area is 98.1 Å². The van der Waals surface area contributed by atoms with Crippen molar-refractivity contribution in [2.24, 2.45) is 0 Å². The predicted octanol–water partition coefficient (Wildman–Crippen LogP) is 1.90. The molecule has 2 aliphatic rings. The number of rotatable bonds is 0. The van der Waals surface area contributed by atoms with Crippen LogP contribution in [-0.4, -0.2) is 18.1 Å². The summed E-state index contributed by atoms with van der Waals surface area (Å²) in [5, 5.41) is 5.71. The molecule has 0 saturated heterocycles. The number of fused-ring (bicyclic) bond motifs is 3. The highest BCUT2D eigenvalue weighted by Crippen LogP contribution is 2.43. The summed E-state index contributed by atoms with van der Waals surface area (Å²) in [5.74, 6) is -0.125. The molecule has 2 aliphatic heterocycles. The fourth-order valence-corrected chi connectivity index (χ4v) is 2.21. The summed E-state index contributed by atoms with van der Waals surface area (Å²) in [6.07, 6.45) is 0.733. The molecule has 0 bridgehead atoms. The highest BCUT2D eigenvalue weighted by Gasteiger charge is 2.37. The largest absolute Gasteiger partial charge is 0.493 e. The van der Waals surface area contributed by atoms with Gasteiger partial charge in [-0.05, 0) is 13.8 Å². The Morgan fingerprint density at radius 1 is 1.41 bits per heavy atom. The van der Waals surface area contributed by atoms with E-state index in [1.165, 1.54) is 6.07 Å². The van der Waals surface area contributed by atoms with E-state index in [9.17, 15) is 9.18 Å². The zero-order valence-corrected chi connectivity index (χ0v) is 9.69. The minimum atomic E-state index is -0.739. The van der Waals surface area contributed by atoms with Crippen molar-refractivity contribution in [2.45, 2.75) is 25.8 Å². The molecule has 90 valence electrons. The number of benzene rings is 1. The number of hydrogen-bond donors (Lipinski definition) is 2. The van der Waals surface area contributed by atoms with Gasteiger partial charge < -0.3 is 15.4 Å². The van der Waals surface area contributed by atoms with Gasteiger partial charge in [-0.3, -0.25) is 4.79 Å². The lowest BCUT2D eigenvalue weighted by atomic mass is 9.97. The maximum absolute atomic E-state index is 13.8.